The number of rotatable bonds is 2. The first-order valence-corrected chi connectivity index (χ1v) is 6.42. The Kier molecular flexibility index (Phi) is 3.06. The molecule has 1 aromatic rings. The highest BCUT2D eigenvalue weighted by molar-refractivity contribution is 5.89. The predicted octanol–water partition coefficient (Wildman–Crippen LogP) is 1.46. The van der Waals surface area contributed by atoms with E-state index in [0.29, 0.717) is 17.4 Å². The van der Waals surface area contributed by atoms with E-state index in [1.165, 1.54) is 0 Å². The molecule has 1 saturated carbocycles. The molecule has 0 spiro atoms. The lowest BCUT2D eigenvalue weighted by Gasteiger charge is -2.16. The average Bonchev–Trinajstić information content (AvgIpc) is 2.86. The maximum Gasteiger partial charge on any atom is 0.357 e. The van der Waals surface area contributed by atoms with Gasteiger partial charge in [-0.15, -0.1) is 5.06 Å². The van der Waals surface area contributed by atoms with Gasteiger partial charge in [-0.1, -0.05) is 18.2 Å². The van der Waals surface area contributed by atoms with Gasteiger partial charge in [0.1, 0.15) is 0 Å². The van der Waals surface area contributed by atoms with E-state index in [1.807, 2.05) is 18.2 Å². The summed E-state index contributed by atoms with van der Waals surface area (Å²) in [6, 6.07) is 9.03. The maximum absolute atomic E-state index is 11.9. The molecule has 2 aliphatic rings. The number of hydroxylamine groups is 2. The molecule has 0 amide bonds. The van der Waals surface area contributed by atoms with Gasteiger partial charge >= 0.3 is 5.97 Å². The normalized spacial score (nSPS) is 31.3. The number of nitrogens with zero attached hydrogens (tertiary/aromatic N) is 1. The first-order valence-electron chi connectivity index (χ1n) is 6.42. The molecule has 1 N–H and O–H groups in total. The van der Waals surface area contributed by atoms with Gasteiger partial charge in [0, 0.05) is 13.1 Å². The van der Waals surface area contributed by atoms with Crippen molar-refractivity contribution in [3.8, 4) is 0 Å². The van der Waals surface area contributed by atoms with Crippen molar-refractivity contribution < 1.29 is 14.7 Å². The van der Waals surface area contributed by atoms with Gasteiger partial charge in [-0.05, 0) is 36.8 Å². The molecule has 4 nitrogen and oxygen atoms in total. The molecule has 0 radical (unpaired) electrons. The Hall–Kier alpha value is -1.39. The van der Waals surface area contributed by atoms with Gasteiger partial charge < -0.3 is 9.94 Å². The molecular formula is C14H17NO3. The fourth-order valence-corrected chi connectivity index (χ4v) is 3.04. The van der Waals surface area contributed by atoms with Gasteiger partial charge in [-0.2, -0.15) is 0 Å². The fraction of sp³-hybridized carbons (Fsp3) is 0.500. The molecule has 3 rings (SSSR count). The van der Waals surface area contributed by atoms with Crippen molar-refractivity contribution in [3.63, 3.8) is 0 Å². The summed E-state index contributed by atoms with van der Waals surface area (Å²) in [5, 5.41) is 11.3. The van der Waals surface area contributed by atoms with Crippen molar-refractivity contribution in [1.29, 1.82) is 0 Å². The monoisotopic (exact) mass is 247 g/mol. The van der Waals surface area contributed by atoms with Crippen LogP contribution in [0.25, 0.3) is 0 Å². The summed E-state index contributed by atoms with van der Waals surface area (Å²) < 4.78 is 0. The Labute approximate surface area is 106 Å². The van der Waals surface area contributed by atoms with Gasteiger partial charge in [-0.3, -0.25) is 0 Å². The second-order valence-electron chi connectivity index (χ2n) is 5.24. The molecule has 2 fully saturated rings. The van der Waals surface area contributed by atoms with E-state index in [2.05, 4.69) is 0 Å². The zero-order valence-electron chi connectivity index (χ0n) is 10.2. The standard InChI is InChI=1S/C14H17NO3/c16-13-6-11-8-15(9-12(11)7-13)18-14(17)10-4-2-1-3-5-10/h1-5,11-13,16H,6-9H2/t11-,12+,13?. The lowest BCUT2D eigenvalue weighted by molar-refractivity contribution is -0.0993. The first kappa shape index (κ1) is 11.7. The smallest absolute Gasteiger partial charge is 0.357 e. The molecule has 1 heterocycles. The van der Waals surface area contributed by atoms with E-state index in [1.54, 1.807) is 17.2 Å². The van der Waals surface area contributed by atoms with Crippen LogP contribution in [0, 0.1) is 11.8 Å². The number of fused-ring (bicyclic) bond motifs is 1. The molecule has 0 aromatic heterocycles. The minimum atomic E-state index is -0.295. The molecule has 1 saturated heterocycles. The lowest BCUT2D eigenvalue weighted by atomic mass is 10.0. The van der Waals surface area contributed by atoms with Crippen LogP contribution in [-0.4, -0.2) is 35.3 Å². The third-order valence-corrected chi connectivity index (χ3v) is 3.91. The number of benzene rings is 1. The van der Waals surface area contributed by atoms with Crippen LogP contribution >= 0.6 is 0 Å². The van der Waals surface area contributed by atoms with Gasteiger partial charge in [0.05, 0.1) is 11.7 Å². The van der Waals surface area contributed by atoms with Crippen LogP contribution in [0.15, 0.2) is 30.3 Å². The Bertz CT molecular complexity index is 420. The lowest BCUT2D eigenvalue weighted by Crippen LogP contribution is -2.27. The Morgan fingerprint density at radius 3 is 2.39 bits per heavy atom. The summed E-state index contributed by atoms with van der Waals surface area (Å²) in [7, 11) is 0. The topological polar surface area (TPSA) is 49.8 Å². The maximum atomic E-state index is 11.9. The van der Waals surface area contributed by atoms with Crippen LogP contribution in [0.4, 0.5) is 0 Å². The van der Waals surface area contributed by atoms with Crippen LogP contribution < -0.4 is 0 Å². The highest BCUT2D eigenvalue weighted by atomic mass is 16.7. The number of hydrogen-bond donors (Lipinski definition) is 1. The minimum absolute atomic E-state index is 0.160. The first-order chi connectivity index (χ1) is 8.72. The summed E-state index contributed by atoms with van der Waals surface area (Å²) in [4.78, 5) is 17.3. The fourth-order valence-electron chi connectivity index (χ4n) is 3.04. The van der Waals surface area contributed by atoms with Gasteiger partial charge in [0.25, 0.3) is 0 Å². The number of aliphatic hydroxyl groups excluding tert-OH is 1. The third-order valence-electron chi connectivity index (χ3n) is 3.91. The zero-order valence-corrected chi connectivity index (χ0v) is 10.2. The summed E-state index contributed by atoms with van der Waals surface area (Å²) in [6.07, 6.45) is 1.51. The van der Waals surface area contributed by atoms with E-state index in [-0.39, 0.29) is 12.1 Å². The number of hydrogen-bond acceptors (Lipinski definition) is 4. The molecule has 1 aliphatic heterocycles. The van der Waals surface area contributed by atoms with Crippen LogP contribution in [-0.2, 0) is 4.84 Å². The second-order valence-corrected chi connectivity index (χ2v) is 5.24. The Morgan fingerprint density at radius 2 is 1.78 bits per heavy atom. The zero-order chi connectivity index (χ0) is 12.5. The largest absolute Gasteiger partial charge is 0.393 e. The number of carbonyl (C=O) groups excluding carboxylic acids is 1. The quantitative estimate of drug-likeness (QED) is 0.859. The molecule has 4 heteroatoms. The second kappa shape index (κ2) is 4.71. The number of aliphatic hydroxyl groups is 1. The van der Waals surface area contributed by atoms with Crippen molar-refractivity contribution in [2.75, 3.05) is 13.1 Å². The van der Waals surface area contributed by atoms with Crippen molar-refractivity contribution in [3.05, 3.63) is 35.9 Å². The minimum Gasteiger partial charge on any atom is -0.393 e. The van der Waals surface area contributed by atoms with E-state index in [9.17, 15) is 9.90 Å². The summed E-state index contributed by atoms with van der Waals surface area (Å²) >= 11 is 0. The van der Waals surface area contributed by atoms with E-state index >= 15 is 0 Å². The predicted molar refractivity (Wildman–Crippen MR) is 65.7 cm³/mol. The van der Waals surface area contributed by atoms with E-state index < -0.39 is 0 Å². The van der Waals surface area contributed by atoms with Crippen molar-refractivity contribution in [2.45, 2.75) is 18.9 Å². The van der Waals surface area contributed by atoms with Crippen molar-refractivity contribution in [2.24, 2.45) is 11.8 Å². The summed E-state index contributed by atoms with van der Waals surface area (Å²) in [6.45, 7) is 1.50. The molecule has 1 unspecified atom stereocenters. The Balaban J connectivity index is 1.58. The molecule has 1 aromatic carbocycles. The van der Waals surface area contributed by atoms with Crippen molar-refractivity contribution >= 4 is 5.97 Å². The third kappa shape index (κ3) is 2.26. The Morgan fingerprint density at radius 1 is 1.17 bits per heavy atom. The van der Waals surface area contributed by atoms with Crippen LogP contribution in [0.5, 0.6) is 0 Å². The highest BCUT2D eigenvalue weighted by Gasteiger charge is 2.41. The summed E-state index contributed by atoms with van der Waals surface area (Å²) in [5.41, 5.74) is 0.578. The number of carbonyl (C=O) groups is 1. The van der Waals surface area contributed by atoms with Crippen LogP contribution in [0.2, 0.25) is 0 Å². The van der Waals surface area contributed by atoms with Crippen LogP contribution in [0.1, 0.15) is 23.2 Å². The highest BCUT2D eigenvalue weighted by Crippen LogP contribution is 2.38. The van der Waals surface area contributed by atoms with Crippen LogP contribution in [0.3, 0.4) is 0 Å². The average molecular weight is 247 g/mol. The molecule has 1 aliphatic carbocycles. The SMILES string of the molecule is O=C(ON1C[C@H]2CC(O)C[C@H]2C1)c1ccccc1. The van der Waals surface area contributed by atoms with Crippen molar-refractivity contribution in [1.82, 2.24) is 5.06 Å². The van der Waals surface area contributed by atoms with E-state index in [4.69, 9.17) is 4.84 Å². The van der Waals surface area contributed by atoms with Gasteiger partial charge in [0.15, 0.2) is 0 Å². The molecule has 18 heavy (non-hydrogen) atoms. The molecule has 3 atom stereocenters. The van der Waals surface area contributed by atoms with Gasteiger partial charge in [-0.25, -0.2) is 4.79 Å². The van der Waals surface area contributed by atoms with E-state index in [0.717, 1.165) is 25.9 Å². The van der Waals surface area contributed by atoms with Gasteiger partial charge in [0.2, 0.25) is 0 Å². The summed E-state index contributed by atoms with van der Waals surface area (Å²) in [5.74, 6) is 0.656. The molecule has 96 valence electrons. The molecular weight excluding hydrogens is 230 g/mol. The molecule has 0 bridgehead atoms.